The van der Waals surface area contributed by atoms with Crippen molar-refractivity contribution >= 4 is 5.82 Å². The average Bonchev–Trinajstić information content (AvgIpc) is 3.33. The molecule has 0 radical (unpaired) electrons. The molecule has 1 aliphatic rings. The Labute approximate surface area is 188 Å². The van der Waals surface area contributed by atoms with E-state index in [1.165, 1.54) is 12.1 Å². The molecule has 1 atom stereocenters. The summed E-state index contributed by atoms with van der Waals surface area (Å²) < 4.78 is 36.7. The fourth-order valence-corrected chi connectivity index (χ4v) is 3.84. The summed E-state index contributed by atoms with van der Waals surface area (Å²) in [5.74, 6) is -2.05. The van der Waals surface area contributed by atoms with Crippen molar-refractivity contribution in [1.82, 2.24) is 30.5 Å². The van der Waals surface area contributed by atoms with E-state index in [0.717, 1.165) is 35.2 Å². The van der Waals surface area contributed by atoms with E-state index in [2.05, 4.69) is 25.8 Å². The highest BCUT2D eigenvalue weighted by molar-refractivity contribution is 5.76. The monoisotopic (exact) mass is 449 g/mol. The lowest BCUT2D eigenvalue weighted by Gasteiger charge is -2.24. The number of rotatable bonds is 5. The molecule has 0 saturated carbocycles. The van der Waals surface area contributed by atoms with Gasteiger partial charge in [-0.3, -0.25) is 0 Å². The third-order valence-electron chi connectivity index (χ3n) is 5.54. The molecule has 168 valence electrons. The van der Waals surface area contributed by atoms with Crippen LogP contribution in [0.4, 0.5) is 14.6 Å². The first-order valence-corrected chi connectivity index (χ1v) is 10.6. The topological polar surface area (TPSA) is 104 Å². The van der Waals surface area contributed by atoms with Crippen LogP contribution in [-0.2, 0) is 0 Å². The molecule has 0 aliphatic carbocycles. The van der Waals surface area contributed by atoms with Gasteiger partial charge in [0.15, 0.2) is 17.4 Å². The van der Waals surface area contributed by atoms with E-state index in [0.29, 0.717) is 12.1 Å². The minimum Gasteiger partial charge on any atom is -0.486 e. The summed E-state index contributed by atoms with van der Waals surface area (Å²) in [5, 5.41) is 14.7. The molecular formula is C23H21F2N7O. The summed E-state index contributed by atoms with van der Waals surface area (Å²) in [6, 6.07) is 14.1. The second-order valence-electron chi connectivity index (χ2n) is 7.73. The second kappa shape index (κ2) is 8.91. The number of aromatic nitrogens is 5. The summed E-state index contributed by atoms with van der Waals surface area (Å²) in [7, 11) is 0. The maximum absolute atomic E-state index is 15.1. The zero-order chi connectivity index (χ0) is 22.8. The number of anilines is 1. The Morgan fingerprint density at radius 2 is 1.91 bits per heavy atom. The molecule has 10 heteroatoms. The Balaban J connectivity index is 1.51. The third kappa shape index (κ3) is 4.12. The average molecular weight is 449 g/mol. The minimum atomic E-state index is -1.12. The van der Waals surface area contributed by atoms with Crippen LogP contribution < -0.4 is 15.8 Å². The number of pyridine rings is 1. The van der Waals surface area contributed by atoms with Crippen LogP contribution in [0.5, 0.6) is 5.75 Å². The third-order valence-corrected chi connectivity index (χ3v) is 5.54. The number of nitrogens with one attached hydrogen (secondary N) is 1. The zero-order valence-electron chi connectivity index (χ0n) is 17.6. The first kappa shape index (κ1) is 21.0. The highest BCUT2D eigenvalue weighted by atomic mass is 19.2. The maximum atomic E-state index is 15.1. The number of hydrogen-bond acceptors (Lipinski definition) is 7. The molecule has 5 rings (SSSR count). The Hall–Kier alpha value is -3.92. The van der Waals surface area contributed by atoms with Gasteiger partial charge in [0.05, 0.1) is 5.56 Å². The lowest BCUT2D eigenvalue weighted by atomic mass is 10.1. The first-order chi connectivity index (χ1) is 16.1. The van der Waals surface area contributed by atoms with E-state index in [1.54, 1.807) is 12.3 Å². The number of ether oxygens (including phenoxy) is 1. The fourth-order valence-electron chi connectivity index (χ4n) is 3.84. The van der Waals surface area contributed by atoms with Crippen molar-refractivity contribution in [3.8, 4) is 34.0 Å². The van der Waals surface area contributed by atoms with E-state index in [1.807, 2.05) is 30.3 Å². The van der Waals surface area contributed by atoms with Crippen LogP contribution in [0.25, 0.3) is 28.2 Å². The molecule has 2 aromatic heterocycles. The van der Waals surface area contributed by atoms with Crippen LogP contribution in [0.1, 0.15) is 12.8 Å². The quantitative estimate of drug-likeness (QED) is 0.481. The Kier molecular flexibility index (Phi) is 5.66. The fraction of sp³-hybridized carbons (Fsp3) is 0.217. The number of piperidine rings is 1. The second-order valence-corrected chi connectivity index (χ2v) is 7.73. The van der Waals surface area contributed by atoms with Crippen LogP contribution in [-0.4, -0.2) is 44.4 Å². The normalized spacial score (nSPS) is 16.0. The number of hydrogen-bond donors (Lipinski definition) is 2. The molecule has 3 N–H and O–H groups in total. The molecule has 8 nitrogen and oxygen atoms in total. The summed E-state index contributed by atoms with van der Waals surface area (Å²) >= 11 is 0. The lowest BCUT2D eigenvalue weighted by Crippen LogP contribution is -2.37. The predicted molar refractivity (Wildman–Crippen MR) is 119 cm³/mol. The zero-order valence-corrected chi connectivity index (χ0v) is 17.6. The molecular weight excluding hydrogens is 428 g/mol. The van der Waals surface area contributed by atoms with E-state index in [9.17, 15) is 4.39 Å². The molecule has 0 bridgehead atoms. The highest BCUT2D eigenvalue weighted by Gasteiger charge is 2.24. The maximum Gasteiger partial charge on any atom is 0.202 e. The molecule has 1 aliphatic heterocycles. The number of tetrazole rings is 1. The standard InChI is InChI=1S/C23H21F2N7O/c24-20-18(8-9-19(21(20)25)33-16-7-4-10-27-13-16)32-23(29-30-31-32)17-11-15(12-28-22(17)26)14-5-2-1-3-6-14/h1-3,5-6,8-9,11-12,16,27H,4,7,10,13H2,(H2,26,28). The Morgan fingerprint density at radius 3 is 2.70 bits per heavy atom. The van der Waals surface area contributed by atoms with Crippen LogP contribution in [0, 0.1) is 11.6 Å². The number of nitrogens with zero attached hydrogens (tertiary/aromatic N) is 5. The van der Waals surface area contributed by atoms with Gasteiger partial charge >= 0.3 is 0 Å². The molecule has 0 amide bonds. The number of nitrogens with two attached hydrogens (primary N) is 1. The minimum absolute atomic E-state index is 0.140. The lowest BCUT2D eigenvalue weighted by molar-refractivity contribution is 0.159. The van der Waals surface area contributed by atoms with Crippen molar-refractivity contribution in [3.05, 3.63) is 66.4 Å². The molecule has 33 heavy (non-hydrogen) atoms. The van der Waals surface area contributed by atoms with Gasteiger partial charge in [-0.15, -0.1) is 5.10 Å². The summed E-state index contributed by atoms with van der Waals surface area (Å²) in [6.45, 7) is 1.48. The summed E-state index contributed by atoms with van der Waals surface area (Å²) in [5.41, 5.74) is 8.03. The smallest absolute Gasteiger partial charge is 0.202 e. The van der Waals surface area contributed by atoms with Gasteiger partial charge in [-0.2, -0.15) is 9.07 Å². The van der Waals surface area contributed by atoms with Gasteiger partial charge in [0.1, 0.15) is 17.6 Å². The van der Waals surface area contributed by atoms with Gasteiger partial charge in [0.25, 0.3) is 0 Å². The van der Waals surface area contributed by atoms with Gasteiger partial charge in [-0.05, 0) is 53.6 Å². The van der Waals surface area contributed by atoms with Crippen molar-refractivity contribution in [2.45, 2.75) is 18.9 Å². The molecule has 1 saturated heterocycles. The van der Waals surface area contributed by atoms with Gasteiger partial charge in [-0.1, -0.05) is 30.3 Å². The van der Waals surface area contributed by atoms with Gasteiger partial charge in [0.2, 0.25) is 5.82 Å². The molecule has 1 fully saturated rings. The molecule has 3 heterocycles. The summed E-state index contributed by atoms with van der Waals surface area (Å²) in [6.07, 6.45) is 3.11. The van der Waals surface area contributed by atoms with Crippen LogP contribution in [0.3, 0.4) is 0 Å². The largest absolute Gasteiger partial charge is 0.486 e. The van der Waals surface area contributed by atoms with Gasteiger partial charge in [0, 0.05) is 18.3 Å². The van der Waals surface area contributed by atoms with Crippen LogP contribution in [0.2, 0.25) is 0 Å². The molecule has 0 spiro atoms. The number of nitrogen functional groups attached to an aromatic ring is 1. The predicted octanol–water partition coefficient (Wildman–Crippen LogP) is 3.38. The number of benzene rings is 2. The van der Waals surface area contributed by atoms with E-state index in [-0.39, 0.29) is 29.2 Å². The van der Waals surface area contributed by atoms with Gasteiger partial charge < -0.3 is 15.8 Å². The number of halogens is 2. The highest BCUT2D eigenvalue weighted by Crippen LogP contribution is 2.32. The van der Waals surface area contributed by atoms with Crippen molar-refractivity contribution < 1.29 is 13.5 Å². The van der Waals surface area contributed by atoms with Crippen LogP contribution >= 0.6 is 0 Å². The summed E-state index contributed by atoms with van der Waals surface area (Å²) in [4.78, 5) is 4.24. The molecule has 1 unspecified atom stereocenters. The molecule has 2 aromatic carbocycles. The van der Waals surface area contributed by atoms with Crippen molar-refractivity contribution in [2.24, 2.45) is 0 Å². The van der Waals surface area contributed by atoms with E-state index in [4.69, 9.17) is 10.5 Å². The van der Waals surface area contributed by atoms with Crippen molar-refractivity contribution in [3.63, 3.8) is 0 Å². The SMILES string of the molecule is Nc1ncc(-c2ccccc2)cc1-c1nnnn1-c1ccc(OC2CCCNC2)c(F)c1F. The van der Waals surface area contributed by atoms with Crippen molar-refractivity contribution in [1.29, 1.82) is 0 Å². The van der Waals surface area contributed by atoms with Crippen molar-refractivity contribution in [2.75, 3.05) is 18.8 Å². The van der Waals surface area contributed by atoms with E-state index >= 15 is 4.39 Å². The molecule has 4 aromatic rings. The Bertz CT molecular complexity index is 1270. The van der Waals surface area contributed by atoms with E-state index < -0.39 is 11.6 Å². The first-order valence-electron chi connectivity index (χ1n) is 10.6. The van der Waals surface area contributed by atoms with Gasteiger partial charge in [-0.25, -0.2) is 9.37 Å². The van der Waals surface area contributed by atoms with Crippen LogP contribution in [0.15, 0.2) is 54.7 Å². The Morgan fingerprint density at radius 1 is 1.06 bits per heavy atom.